The van der Waals surface area contributed by atoms with E-state index in [1.165, 1.54) is 6.07 Å². The van der Waals surface area contributed by atoms with Crippen molar-refractivity contribution in [1.29, 1.82) is 0 Å². The highest BCUT2D eigenvalue weighted by Gasteiger charge is 2.29. The number of rotatable bonds is 2. The van der Waals surface area contributed by atoms with Crippen molar-refractivity contribution in [2.45, 2.75) is 11.3 Å². The summed E-state index contributed by atoms with van der Waals surface area (Å²) in [6.07, 6.45) is 7.99. The molecule has 1 aliphatic carbocycles. The van der Waals surface area contributed by atoms with Gasteiger partial charge in [-0.3, -0.25) is 15.1 Å². The van der Waals surface area contributed by atoms with E-state index in [1.54, 1.807) is 17.8 Å². The molecule has 2 atom stereocenters. The lowest BCUT2D eigenvalue weighted by Gasteiger charge is -2.11. The lowest BCUT2D eigenvalue weighted by atomic mass is 10.1. The first-order chi connectivity index (χ1) is 9.15. The zero-order chi connectivity index (χ0) is 13.4. The summed E-state index contributed by atoms with van der Waals surface area (Å²) >= 11 is 1.56. The number of nitro benzene ring substituents is 1. The molecule has 1 aromatic rings. The quantitative estimate of drug-likeness (QED) is 0.664. The van der Waals surface area contributed by atoms with Crippen LogP contribution in [0.4, 0.5) is 5.69 Å². The number of non-ortho nitro benzene ring substituents is 1. The van der Waals surface area contributed by atoms with Crippen molar-refractivity contribution in [2.75, 3.05) is 0 Å². The second-order valence-electron chi connectivity index (χ2n) is 4.24. The summed E-state index contributed by atoms with van der Waals surface area (Å²) in [5, 5.41) is 21.5. The third-order valence-corrected chi connectivity index (χ3v) is 4.25. The molecule has 6 heteroatoms. The zero-order valence-corrected chi connectivity index (χ0v) is 10.6. The van der Waals surface area contributed by atoms with E-state index in [-0.39, 0.29) is 22.7 Å². The van der Waals surface area contributed by atoms with E-state index in [9.17, 15) is 15.2 Å². The van der Waals surface area contributed by atoms with E-state index < -0.39 is 4.92 Å². The summed E-state index contributed by atoms with van der Waals surface area (Å²) in [5.74, 6) is -0.105. The molecule has 1 heterocycles. The van der Waals surface area contributed by atoms with Crippen LogP contribution in [-0.2, 0) is 0 Å². The van der Waals surface area contributed by atoms with Gasteiger partial charge < -0.3 is 5.11 Å². The van der Waals surface area contributed by atoms with Gasteiger partial charge in [0.2, 0.25) is 0 Å². The smallest absolute Gasteiger partial charge is 0.273 e. The lowest BCUT2D eigenvalue weighted by Crippen LogP contribution is -2.13. The van der Waals surface area contributed by atoms with Gasteiger partial charge in [0.25, 0.3) is 5.69 Å². The van der Waals surface area contributed by atoms with Gasteiger partial charge in [-0.15, -0.1) is 0 Å². The Labute approximate surface area is 113 Å². The maximum absolute atomic E-state index is 10.6. The summed E-state index contributed by atoms with van der Waals surface area (Å²) in [6.45, 7) is 0. The molecule has 0 radical (unpaired) electrons. The van der Waals surface area contributed by atoms with Crippen LogP contribution in [0.1, 0.15) is 5.56 Å². The van der Waals surface area contributed by atoms with Crippen LogP contribution in [-0.4, -0.2) is 26.4 Å². The fourth-order valence-electron chi connectivity index (χ4n) is 2.04. The molecule has 1 N–H and O–H groups in total. The Morgan fingerprint density at radius 3 is 2.79 bits per heavy atom. The van der Waals surface area contributed by atoms with Crippen molar-refractivity contribution >= 4 is 22.5 Å². The van der Waals surface area contributed by atoms with Crippen LogP contribution >= 0.6 is 11.8 Å². The standard InChI is InChI=1S/C13H10N2O3S/c16-11-7-8(15(17)18)5-6-9(11)13-14-10-3-1-2-4-12(10)19-13/h1-7,10,12,16H. The van der Waals surface area contributed by atoms with E-state index in [0.717, 1.165) is 11.1 Å². The van der Waals surface area contributed by atoms with Gasteiger partial charge in [0, 0.05) is 11.6 Å². The van der Waals surface area contributed by atoms with Crippen LogP contribution in [0, 0.1) is 10.1 Å². The molecule has 3 rings (SSSR count). The number of hydrogen-bond acceptors (Lipinski definition) is 5. The minimum Gasteiger partial charge on any atom is -0.507 e. The Morgan fingerprint density at radius 2 is 2.11 bits per heavy atom. The van der Waals surface area contributed by atoms with Crippen LogP contribution in [0.5, 0.6) is 5.75 Å². The molecular weight excluding hydrogens is 264 g/mol. The number of aromatic hydroxyl groups is 1. The third-order valence-electron chi connectivity index (χ3n) is 2.99. The second-order valence-corrected chi connectivity index (χ2v) is 5.40. The van der Waals surface area contributed by atoms with Crippen LogP contribution in [0.2, 0.25) is 0 Å². The van der Waals surface area contributed by atoms with Gasteiger partial charge in [0.15, 0.2) is 0 Å². The molecule has 5 nitrogen and oxygen atoms in total. The molecule has 1 aliphatic heterocycles. The first kappa shape index (κ1) is 12.0. The SMILES string of the molecule is O=[N+]([O-])c1ccc(C2=NC3C=CC=CC3S2)c(O)c1. The predicted octanol–water partition coefficient (Wildman–Crippen LogP) is 2.66. The molecule has 0 amide bonds. The maximum atomic E-state index is 10.6. The van der Waals surface area contributed by atoms with Gasteiger partial charge in [-0.2, -0.15) is 0 Å². The van der Waals surface area contributed by atoms with Crippen LogP contribution < -0.4 is 0 Å². The zero-order valence-electron chi connectivity index (χ0n) is 9.76. The van der Waals surface area contributed by atoms with Crippen molar-refractivity contribution in [3.05, 3.63) is 58.2 Å². The number of nitrogens with zero attached hydrogens (tertiary/aromatic N) is 2. The van der Waals surface area contributed by atoms with Crippen molar-refractivity contribution in [1.82, 2.24) is 0 Å². The molecule has 0 fully saturated rings. The molecule has 0 saturated heterocycles. The second kappa shape index (κ2) is 4.55. The van der Waals surface area contributed by atoms with E-state index in [0.29, 0.717) is 5.56 Å². The van der Waals surface area contributed by atoms with E-state index in [4.69, 9.17) is 0 Å². The minimum atomic E-state index is -0.529. The van der Waals surface area contributed by atoms with E-state index >= 15 is 0 Å². The highest BCUT2D eigenvalue weighted by Crippen LogP contribution is 2.37. The molecule has 0 bridgehead atoms. The molecule has 1 aromatic carbocycles. The van der Waals surface area contributed by atoms with Gasteiger partial charge in [-0.05, 0) is 6.07 Å². The highest BCUT2D eigenvalue weighted by atomic mass is 32.2. The summed E-state index contributed by atoms with van der Waals surface area (Å²) < 4.78 is 0. The molecule has 0 aromatic heterocycles. The molecular formula is C13H10N2O3S. The molecule has 2 aliphatic rings. The Hall–Kier alpha value is -2.08. The number of fused-ring (bicyclic) bond motifs is 1. The van der Waals surface area contributed by atoms with Gasteiger partial charge >= 0.3 is 0 Å². The normalized spacial score (nSPS) is 24.1. The first-order valence-corrected chi connectivity index (χ1v) is 6.60. The Balaban J connectivity index is 1.93. The highest BCUT2D eigenvalue weighted by molar-refractivity contribution is 8.15. The van der Waals surface area contributed by atoms with Crippen molar-refractivity contribution in [3.63, 3.8) is 0 Å². The summed E-state index contributed by atoms with van der Waals surface area (Å²) in [7, 11) is 0. The minimum absolute atomic E-state index is 0.0830. The predicted molar refractivity (Wildman–Crippen MR) is 74.7 cm³/mol. The molecule has 96 valence electrons. The maximum Gasteiger partial charge on any atom is 0.273 e. The fraction of sp³-hybridized carbons (Fsp3) is 0.154. The number of aliphatic imine (C=N–C) groups is 1. The summed E-state index contributed by atoms with van der Waals surface area (Å²) in [6, 6.07) is 4.17. The average molecular weight is 274 g/mol. The van der Waals surface area contributed by atoms with Gasteiger partial charge in [0.05, 0.1) is 22.3 Å². The topological polar surface area (TPSA) is 75.7 Å². The lowest BCUT2D eigenvalue weighted by molar-refractivity contribution is -0.384. The Bertz CT molecular complexity index is 637. The third kappa shape index (κ3) is 2.15. The fourth-order valence-corrected chi connectivity index (χ4v) is 3.24. The molecule has 2 unspecified atom stereocenters. The number of thioether (sulfide) groups is 1. The van der Waals surface area contributed by atoms with E-state index in [1.807, 2.05) is 18.2 Å². The van der Waals surface area contributed by atoms with Crippen LogP contribution in [0.15, 0.2) is 47.5 Å². The largest absolute Gasteiger partial charge is 0.507 e. The first-order valence-electron chi connectivity index (χ1n) is 5.72. The van der Waals surface area contributed by atoms with Crippen molar-refractivity contribution in [2.24, 2.45) is 4.99 Å². The Morgan fingerprint density at radius 1 is 1.32 bits per heavy atom. The number of allylic oxidation sites excluding steroid dienone is 2. The number of hydrogen-bond donors (Lipinski definition) is 1. The summed E-state index contributed by atoms with van der Waals surface area (Å²) in [4.78, 5) is 14.6. The molecule has 0 spiro atoms. The van der Waals surface area contributed by atoms with Crippen molar-refractivity contribution in [3.8, 4) is 5.75 Å². The number of nitro groups is 1. The molecule has 0 saturated carbocycles. The Kier molecular flexibility index (Phi) is 2.87. The average Bonchev–Trinajstić information content (AvgIpc) is 2.81. The number of phenolic OH excluding ortho intramolecular Hbond substituents is 1. The van der Waals surface area contributed by atoms with Gasteiger partial charge in [-0.25, -0.2) is 0 Å². The van der Waals surface area contributed by atoms with Crippen molar-refractivity contribution < 1.29 is 10.0 Å². The van der Waals surface area contributed by atoms with Gasteiger partial charge in [0.1, 0.15) is 10.8 Å². The van der Waals surface area contributed by atoms with Crippen LogP contribution in [0.25, 0.3) is 0 Å². The number of benzene rings is 1. The van der Waals surface area contributed by atoms with Crippen LogP contribution in [0.3, 0.4) is 0 Å². The number of phenols is 1. The summed E-state index contributed by atoms with van der Waals surface area (Å²) in [5.41, 5.74) is 0.425. The van der Waals surface area contributed by atoms with E-state index in [2.05, 4.69) is 11.1 Å². The molecule has 19 heavy (non-hydrogen) atoms. The monoisotopic (exact) mass is 274 g/mol. The van der Waals surface area contributed by atoms with Gasteiger partial charge in [-0.1, -0.05) is 36.1 Å².